The Morgan fingerprint density at radius 1 is 0.900 bits per heavy atom. The molecule has 0 atom stereocenters. The van der Waals surface area contributed by atoms with E-state index in [1.165, 1.54) is 5.56 Å². The molecule has 4 aromatic rings. The van der Waals surface area contributed by atoms with Crippen LogP contribution in [0.3, 0.4) is 0 Å². The van der Waals surface area contributed by atoms with Gasteiger partial charge >= 0.3 is 0 Å². The molecule has 1 heterocycles. The Bertz CT molecular complexity index is 1210. The summed E-state index contributed by atoms with van der Waals surface area (Å²) in [5.41, 5.74) is 5.47. The zero-order valence-corrected chi connectivity index (χ0v) is 17.7. The molecule has 0 unspecified atom stereocenters. The Labute approximate surface area is 180 Å². The molecule has 0 aliphatic carbocycles. The highest BCUT2D eigenvalue weighted by Crippen LogP contribution is 2.27. The van der Waals surface area contributed by atoms with E-state index in [0.29, 0.717) is 16.5 Å². The second-order valence-corrected chi connectivity index (χ2v) is 7.60. The van der Waals surface area contributed by atoms with Gasteiger partial charge in [0.15, 0.2) is 5.82 Å². The first-order valence-corrected chi connectivity index (χ1v) is 9.98. The molecule has 0 saturated carbocycles. The molecule has 0 fully saturated rings. The molecule has 0 saturated heterocycles. The lowest BCUT2D eigenvalue weighted by atomic mass is 10.1. The van der Waals surface area contributed by atoms with Crippen molar-refractivity contribution in [3.63, 3.8) is 0 Å². The van der Waals surface area contributed by atoms with E-state index < -0.39 is 5.91 Å². The number of benzene rings is 3. The lowest BCUT2D eigenvalue weighted by Gasteiger charge is -2.08. The normalized spacial score (nSPS) is 10.8. The quantitative estimate of drug-likeness (QED) is 0.459. The maximum absolute atomic E-state index is 13.0. The molecule has 5 nitrogen and oxygen atoms in total. The largest absolute Gasteiger partial charge is 0.318 e. The minimum absolute atomic E-state index is 0.0754. The first-order valence-electron chi connectivity index (χ1n) is 9.60. The molecule has 1 amide bonds. The molecule has 6 heteroatoms. The fraction of sp³-hybridized carbons (Fsp3) is 0.125. The van der Waals surface area contributed by atoms with E-state index in [-0.39, 0.29) is 5.82 Å². The molecule has 150 valence electrons. The number of rotatable bonds is 4. The van der Waals surface area contributed by atoms with Gasteiger partial charge < -0.3 is 5.32 Å². The molecule has 30 heavy (non-hydrogen) atoms. The van der Waals surface area contributed by atoms with Gasteiger partial charge in [-0.25, -0.2) is 9.67 Å². The number of anilines is 1. The van der Waals surface area contributed by atoms with Crippen LogP contribution in [0.5, 0.6) is 0 Å². The number of nitrogens with zero attached hydrogens (tertiary/aromatic N) is 3. The van der Waals surface area contributed by atoms with Gasteiger partial charge in [0.2, 0.25) is 5.82 Å². The minimum Gasteiger partial charge on any atom is -0.318 e. The van der Waals surface area contributed by atoms with Gasteiger partial charge in [-0.2, -0.15) is 0 Å². The van der Waals surface area contributed by atoms with E-state index in [4.69, 9.17) is 11.6 Å². The van der Waals surface area contributed by atoms with Crippen molar-refractivity contribution in [2.75, 3.05) is 5.32 Å². The van der Waals surface area contributed by atoms with Crippen LogP contribution < -0.4 is 5.32 Å². The van der Waals surface area contributed by atoms with Crippen molar-refractivity contribution in [2.45, 2.75) is 20.8 Å². The summed E-state index contributed by atoms with van der Waals surface area (Å²) in [6.07, 6.45) is 0. The van der Waals surface area contributed by atoms with Crippen molar-refractivity contribution in [1.29, 1.82) is 0 Å². The van der Waals surface area contributed by atoms with Crippen LogP contribution in [0.15, 0.2) is 66.7 Å². The Balaban J connectivity index is 1.79. The predicted molar refractivity (Wildman–Crippen MR) is 120 cm³/mol. The van der Waals surface area contributed by atoms with Crippen LogP contribution in [-0.4, -0.2) is 20.7 Å². The smallest absolute Gasteiger partial charge is 0.295 e. The summed E-state index contributed by atoms with van der Waals surface area (Å²) in [4.78, 5) is 17.5. The summed E-state index contributed by atoms with van der Waals surface area (Å²) < 4.78 is 1.70. The number of carbonyl (C=O) groups is 1. The SMILES string of the molecule is Cc1ccc(-n2nc(C(=O)Nc3c(C)cccc3Cl)nc2-c2ccccc2)cc1C. The van der Waals surface area contributed by atoms with Gasteiger partial charge in [-0.3, -0.25) is 4.79 Å². The van der Waals surface area contributed by atoms with Crippen LogP contribution in [0.1, 0.15) is 27.3 Å². The molecule has 4 rings (SSSR count). The fourth-order valence-electron chi connectivity index (χ4n) is 3.18. The summed E-state index contributed by atoms with van der Waals surface area (Å²) in [6.45, 7) is 5.99. The first-order chi connectivity index (χ1) is 14.4. The molecule has 1 N–H and O–H groups in total. The van der Waals surface area contributed by atoms with Crippen molar-refractivity contribution in [2.24, 2.45) is 0 Å². The minimum atomic E-state index is -0.411. The number of halogens is 1. The Hall–Kier alpha value is -3.44. The standard InChI is InChI=1S/C24H21ClN4O/c1-15-12-13-19(14-17(15)3)29-23(18-9-5-4-6-10-18)27-22(28-29)24(30)26-21-16(2)8-7-11-20(21)25/h4-14H,1-3H3,(H,26,30). The maximum atomic E-state index is 13.0. The highest BCUT2D eigenvalue weighted by atomic mass is 35.5. The van der Waals surface area contributed by atoms with E-state index in [1.807, 2.05) is 74.5 Å². The van der Waals surface area contributed by atoms with Crippen molar-refractivity contribution < 1.29 is 4.79 Å². The third-order valence-electron chi connectivity index (χ3n) is 5.04. The molecule has 1 aromatic heterocycles. The zero-order chi connectivity index (χ0) is 21.3. The van der Waals surface area contributed by atoms with Crippen molar-refractivity contribution in [3.8, 4) is 17.1 Å². The van der Waals surface area contributed by atoms with Crippen LogP contribution in [0.4, 0.5) is 5.69 Å². The number of para-hydroxylation sites is 1. The third-order valence-corrected chi connectivity index (χ3v) is 5.35. The van der Waals surface area contributed by atoms with E-state index in [0.717, 1.165) is 22.4 Å². The van der Waals surface area contributed by atoms with Gasteiger partial charge in [0.05, 0.1) is 16.4 Å². The Kier molecular flexibility index (Phi) is 5.38. The first kappa shape index (κ1) is 19.9. The maximum Gasteiger partial charge on any atom is 0.295 e. The second kappa shape index (κ2) is 8.13. The molecule has 0 spiro atoms. The number of hydrogen-bond donors (Lipinski definition) is 1. The number of nitrogens with one attached hydrogen (secondary N) is 1. The summed E-state index contributed by atoms with van der Waals surface area (Å²) in [6, 6.07) is 21.2. The summed E-state index contributed by atoms with van der Waals surface area (Å²) in [5, 5.41) is 7.86. The van der Waals surface area contributed by atoms with Gasteiger partial charge in [-0.1, -0.05) is 60.1 Å². The topological polar surface area (TPSA) is 59.8 Å². The average Bonchev–Trinajstić information content (AvgIpc) is 3.19. The highest BCUT2D eigenvalue weighted by Gasteiger charge is 2.20. The Morgan fingerprint density at radius 3 is 2.37 bits per heavy atom. The number of aromatic nitrogens is 3. The van der Waals surface area contributed by atoms with Crippen LogP contribution in [-0.2, 0) is 0 Å². The molecule has 0 aliphatic heterocycles. The number of carbonyl (C=O) groups excluding carboxylic acids is 1. The highest BCUT2D eigenvalue weighted by molar-refractivity contribution is 6.34. The fourth-order valence-corrected chi connectivity index (χ4v) is 3.45. The predicted octanol–water partition coefficient (Wildman–Crippen LogP) is 5.77. The molecule has 3 aromatic carbocycles. The van der Waals surface area contributed by atoms with Crippen LogP contribution in [0, 0.1) is 20.8 Å². The second-order valence-electron chi connectivity index (χ2n) is 7.19. The van der Waals surface area contributed by atoms with E-state index in [9.17, 15) is 4.79 Å². The molecular weight excluding hydrogens is 396 g/mol. The van der Waals surface area contributed by atoms with E-state index in [2.05, 4.69) is 22.3 Å². The molecular formula is C24H21ClN4O. The van der Waals surface area contributed by atoms with Crippen molar-refractivity contribution in [1.82, 2.24) is 14.8 Å². The molecule has 0 radical (unpaired) electrons. The number of amides is 1. The van der Waals surface area contributed by atoms with Gasteiger partial charge in [0, 0.05) is 5.56 Å². The van der Waals surface area contributed by atoms with Crippen LogP contribution in [0.2, 0.25) is 5.02 Å². The summed E-state index contributed by atoms with van der Waals surface area (Å²) in [5.74, 6) is 0.261. The summed E-state index contributed by atoms with van der Waals surface area (Å²) in [7, 11) is 0. The van der Waals surface area contributed by atoms with Gasteiger partial charge in [-0.15, -0.1) is 5.10 Å². The van der Waals surface area contributed by atoms with Gasteiger partial charge in [-0.05, 0) is 55.7 Å². The lowest BCUT2D eigenvalue weighted by molar-refractivity contribution is 0.101. The number of hydrogen-bond acceptors (Lipinski definition) is 3. The monoisotopic (exact) mass is 416 g/mol. The zero-order valence-electron chi connectivity index (χ0n) is 17.0. The average molecular weight is 417 g/mol. The van der Waals surface area contributed by atoms with Crippen LogP contribution >= 0.6 is 11.6 Å². The van der Waals surface area contributed by atoms with E-state index in [1.54, 1.807) is 10.7 Å². The van der Waals surface area contributed by atoms with Gasteiger partial charge in [0.25, 0.3) is 5.91 Å². The van der Waals surface area contributed by atoms with E-state index >= 15 is 0 Å². The number of aryl methyl sites for hydroxylation is 3. The van der Waals surface area contributed by atoms with Crippen LogP contribution in [0.25, 0.3) is 17.1 Å². The Morgan fingerprint density at radius 2 is 1.67 bits per heavy atom. The van der Waals surface area contributed by atoms with Crippen molar-refractivity contribution in [3.05, 3.63) is 94.3 Å². The van der Waals surface area contributed by atoms with Gasteiger partial charge in [0.1, 0.15) is 0 Å². The summed E-state index contributed by atoms with van der Waals surface area (Å²) >= 11 is 6.26. The molecule has 0 bridgehead atoms. The lowest BCUT2D eigenvalue weighted by Crippen LogP contribution is -2.15. The molecule has 0 aliphatic rings. The third kappa shape index (κ3) is 3.84. The van der Waals surface area contributed by atoms with Crippen molar-refractivity contribution >= 4 is 23.2 Å².